The molecule has 2 aliphatic rings. The first kappa shape index (κ1) is 12.4. The smallest absolute Gasteiger partial charge is 0.322 e. The molecule has 6 nitrogen and oxygen atoms in total. The SMILES string of the molecule is O=C(Nc1cccc(-c2nnco2)c1)N1CCC12CCC2. The van der Waals surface area contributed by atoms with E-state index in [1.165, 1.54) is 12.8 Å². The van der Waals surface area contributed by atoms with Gasteiger partial charge in [-0.15, -0.1) is 10.2 Å². The Morgan fingerprint density at radius 2 is 2.24 bits per heavy atom. The third-order valence-electron chi connectivity index (χ3n) is 4.62. The highest BCUT2D eigenvalue weighted by atomic mass is 16.4. The van der Waals surface area contributed by atoms with Crippen molar-refractivity contribution in [3.8, 4) is 11.5 Å². The standard InChI is InChI=1S/C15H16N4O2/c20-14(19-8-7-15(19)5-2-6-15)17-12-4-1-3-11(9-12)13-18-16-10-21-13/h1,3-4,9-10H,2,5-8H2,(H,17,20). The molecule has 1 aromatic carbocycles. The summed E-state index contributed by atoms with van der Waals surface area (Å²) in [4.78, 5) is 14.3. The third-order valence-corrected chi connectivity index (χ3v) is 4.62. The number of hydrogen-bond donors (Lipinski definition) is 1. The van der Waals surface area contributed by atoms with Crippen LogP contribution in [0.25, 0.3) is 11.5 Å². The Morgan fingerprint density at radius 1 is 1.33 bits per heavy atom. The van der Waals surface area contributed by atoms with Crippen LogP contribution in [0.3, 0.4) is 0 Å². The van der Waals surface area contributed by atoms with Gasteiger partial charge in [-0.2, -0.15) is 0 Å². The number of aromatic nitrogens is 2. The first-order chi connectivity index (χ1) is 10.3. The van der Waals surface area contributed by atoms with Crippen LogP contribution in [0.1, 0.15) is 25.7 Å². The molecule has 0 atom stereocenters. The molecule has 1 aromatic heterocycles. The number of amides is 2. The quantitative estimate of drug-likeness (QED) is 0.920. The Morgan fingerprint density at radius 3 is 2.86 bits per heavy atom. The molecule has 1 aliphatic heterocycles. The summed E-state index contributed by atoms with van der Waals surface area (Å²) in [6.07, 6.45) is 5.95. The summed E-state index contributed by atoms with van der Waals surface area (Å²) in [6.45, 7) is 0.856. The minimum atomic E-state index is -0.0105. The number of carbonyl (C=O) groups excluding carboxylic acids is 1. The lowest BCUT2D eigenvalue weighted by molar-refractivity contribution is -0.0319. The summed E-state index contributed by atoms with van der Waals surface area (Å²) in [5, 5.41) is 10.5. The van der Waals surface area contributed by atoms with Crippen LogP contribution in [0.5, 0.6) is 0 Å². The van der Waals surface area contributed by atoms with Crippen LogP contribution in [-0.4, -0.2) is 33.2 Å². The highest BCUT2D eigenvalue weighted by Gasteiger charge is 2.51. The molecular weight excluding hydrogens is 268 g/mol. The van der Waals surface area contributed by atoms with E-state index in [1.54, 1.807) is 0 Å². The average Bonchev–Trinajstić information content (AvgIpc) is 2.89. The van der Waals surface area contributed by atoms with Gasteiger partial charge in [-0.25, -0.2) is 4.79 Å². The van der Waals surface area contributed by atoms with Gasteiger partial charge in [0.25, 0.3) is 0 Å². The fraction of sp³-hybridized carbons (Fsp3) is 0.400. The Bertz CT molecular complexity index is 659. The van der Waals surface area contributed by atoms with Gasteiger partial charge in [0.15, 0.2) is 0 Å². The number of rotatable bonds is 2. The number of anilines is 1. The van der Waals surface area contributed by atoms with Crippen LogP contribution in [0.2, 0.25) is 0 Å². The monoisotopic (exact) mass is 284 g/mol. The molecule has 2 heterocycles. The van der Waals surface area contributed by atoms with Gasteiger partial charge in [-0.05, 0) is 43.9 Å². The molecule has 0 bridgehead atoms. The van der Waals surface area contributed by atoms with E-state index in [0.717, 1.165) is 37.1 Å². The zero-order valence-electron chi connectivity index (χ0n) is 11.6. The van der Waals surface area contributed by atoms with Gasteiger partial charge in [0.2, 0.25) is 12.3 Å². The van der Waals surface area contributed by atoms with Crippen molar-refractivity contribution in [1.29, 1.82) is 0 Å². The van der Waals surface area contributed by atoms with Crippen LogP contribution in [-0.2, 0) is 0 Å². The summed E-state index contributed by atoms with van der Waals surface area (Å²) in [7, 11) is 0. The molecule has 21 heavy (non-hydrogen) atoms. The molecule has 1 saturated carbocycles. The van der Waals surface area contributed by atoms with Gasteiger partial charge in [-0.3, -0.25) is 0 Å². The van der Waals surface area contributed by atoms with Crippen LogP contribution >= 0.6 is 0 Å². The minimum Gasteiger partial charge on any atom is -0.423 e. The van der Waals surface area contributed by atoms with Gasteiger partial charge in [0, 0.05) is 23.3 Å². The number of urea groups is 1. The van der Waals surface area contributed by atoms with Gasteiger partial charge in [0.05, 0.1) is 0 Å². The van der Waals surface area contributed by atoms with Crippen molar-refractivity contribution in [2.45, 2.75) is 31.2 Å². The Hall–Kier alpha value is -2.37. The zero-order chi connectivity index (χ0) is 14.3. The fourth-order valence-electron chi connectivity index (χ4n) is 3.18. The van der Waals surface area contributed by atoms with E-state index < -0.39 is 0 Å². The molecule has 0 radical (unpaired) electrons. The summed E-state index contributed by atoms with van der Waals surface area (Å²) < 4.78 is 5.17. The van der Waals surface area contributed by atoms with E-state index in [1.807, 2.05) is 29.2 Å². The van der Waals surface area contributed by atoms with Crippen LogP contribution in [0.15, 0.2) is 35.1 Å². The number of nitrogens with zero attached hydrogens (tertiary/aromatic N) is 3. The van der Waals surface area contributed by atoms with Crippen molar-refractivity contribution in [1.82, 2.24) is 15.1 Å². The van der Waals surface area contributed by atoms with Crippen LogP contribution in [0.4, 0.5) is 10.5 Å². The zero-order valence-corrected chi connectivity index (χ0v) is 11.6. The molecule has 108 valence electrons. The van der Waals surface area contributed by atoms with Gasteiger partial charge >= 0.3 is 6.03 Å². The van der Waals surface area contributed by atoms with E-state index in [9.17, 15) is 4.79 Å². The lowest BCUT2D eigenvalue weighted by atomic mass is 9.68. The minimum absolute atomic E-state index is 0.0105. The van der Waals surface area contributed by atoms with Crippen molar-refractivity contribution < 1.29 is 9.21 Å². The average molecular weight is 284 g/mol. The van der Waals surface area contributed by atoms with E-state index in [0.29, 0.717) is 5.89 Å². The maximum absolute atomic E-state index is 12.4. The van der Waals surface area contributed by atoms with E-state index in [-0.39, 0.29) is 11.6 Å². The predicted octanol–water partition coefficient (Wildman–Crippen LogP) is 2.90. The number of nitrogens with one attached hydrogen (secondary N) is 1. The lowest BCUT2D eigenvalue weighted by Crippen LogP contribution is -2.66. The Kier molecular flexibility index (Phi) is 2.70. The molecule has 1 N–H and O–H groups in total. The van der Waals surface area contributed by atoms with Crippen molar-refractivity contribution in [2.24, 2.45) is 0 Å². The van der Waals surface area contributed by atoms with Crippen molar-refractivity contribution in [2.75, 3.05) is 11.9 Å². The molecule has 1 aliphatic carbocycles. The molecule has 1 saturated heterocycles. The summed E-state index contributed by atoms with van der Waals surface area (Å²) in [5.74, 6) is 0.450. The van der Waals surface area contributed by atoms with Crippen molar-refractivity contribution in [3.05, 3.63) is 30.7 Å². The molecule has 4 rings (SSSR count). The molecule has 6 heteroatoms. The highest BCUT2D eigenvalue weighted by molar-refractivity contribution is 5.91. The van der Waals surface area contributed by atoms with E-state index in [2.05, 4.69) is 15.5 Å². The van der Waals surface area contributed by atoms with Gasteiger partial charge in [0.1, 0.15) is 0 Å². The summed E-state index contributed by atoms with van der Waals surface area (Å²) >= 11 is 0. The third kappa shape index (κ3) is 1.98. The van der Waals surface area contributed by atoms with Crippen molar-refractivity contribution >= 4 is 11.7 Å². The molecular formula is C15H16N4O2. The molecule has 1 spiro atoms. The lowest BCUT2D eigenvalue weighted by Gasteiger charge is -2.58. The largest absolute Gasteiger partial charge is 0.423 e. The Labute approximate surface area is 122 Å². The fourth-order valence-corrected chi connectivity index (χ4v) is 3.18. The second-order valence-electron chi connectivity index (χ2n) is 5.73. The molecule has 0 unspecified atom stereocenters. The molecule has 2 aromatic rings. The second kappa shape index (κ2) is 4.58. The Balaban J connectivity index is 1.50. The van der Waals surface area contributed by atoms with Gasteiger partial charge in [-0.1, -0.05) is 6.07 Å². The molecule has 2 amide bonds. The number of carbonyl (C=O) groups is 1. The maximum atomic E-state index is 12.4. The van der Waals surface area contributed by atoms with Gasteiger partial charge < -0.3 is 14.6 Å². The summed E-state index contributed by atoms with van der Waals surface area (Å²) in [6, 6.07) is 7.44. The number of likely N-dealkylation sites (tertiary alicyclic amines) is 1. The first-order valence-corrected chi connectivity index (χ1v) is 7.22. The predicted molar refractivity (Wildman–Crippen MR) is 76.7 cm³/mol. The van der Waals surface area contributed by atoms with E-state index >= 15 is 0 Å². The first-order valence-electron chi connectivity index (χ1n) is 7.22. The van der Waals surface area contributed by atoms with Crippen LogP contribution in [0, 0.1) is 0 Å². The topological polar surface area (TPSA) is 71.3 Å². The normalized spacial score (nSPS) is 19.0. The number of benzene rings is 1. The molecule has 2 fully saturated rings. The highest BCUT2D eigenvalue weighted by Crippen LogP contribution is 2.47. The van der Waals surface area contributed by atoms with Crippen molar-refractivity contribution in [3.63, 3.8) is 0 Å². The van der Waals surface area contributed by atoms with Crippen LogP contribution < -0.4 is 5.32 Å². The second-order valence-corrected chi connectivity index (χ2v) is 5.73. The maximum Gasteiger partial charge on any atom is 0.322 e. The number of hydrogen-bond acceptors (Lipinski definition) is 4. The van der Waals surface area contributed by atoms with E-state index in [4.69, 9.17) is 4.42 Å². The summed E-state index contributed by atoms with van der Waals surface area (Å²) in [5.41, 5.74) is 1.71.